The first-order valence-electron chi connectivity index (χ1n) is 6.89. The Morgan fingerprint density at radius 2 is 1.83 bits per heavy atom. The molecule has 0 aliphatic heterocycles. The zero-order valence-electron chi connectivity index (χ0n) is 13.1. The van der Waals surface area contributed by atoms with Crippen molar-refractivity contribution in [2.24, 2.45) is 11.3 Å². The van der Waals surface area contributed by atoms with Crippen LogP contribution in [0.2, 0.25) is 0 Å². The number of carbonyl (C=O) groups is 1. The van der Waals surface area contributed by atoms with Crippen LogP contribution in [0.1, 0.15) is 27.2 Å². The van der Waals surface area contributed by atoms with Crippen molar-refractivity contribution in [1.82, 2.24) is 4.72 Å². The first-order valence-corrected chi connectivity index (χ1v) is 8.37. The maximum atomic E-state index is 12.2. The molecule has 0 aliphatic carbocycles. The summed E-state index contributed by atoms with van der Waals surface area (Å²) >= 11 is 0. The summed E-state index contributed by atoms with van der Waals surface area (Å²) in [6.45, 7) is 5.47. The highest BCUT2D eigenvalue weighted by Crippen LogP contribution is 2.28. The summed E-state index contributed by atoms with van der Waals surface area (Å²) in [6.07, 6.45) is -0.160. The standard InChI is InChI=1S/C14H20N2O6S/c1-14(2,3)10(8-13(17)18)9-15-23(21,22)12-6-4-11(5-7-12)16(19)20/h4-7,10,15H,8-9H2,1-3H3,(H,17,18). The molecule has 128 valence electrons. The predicted octanol–water partition coefficient (Wildman–Crippen LogP) is 2.01. The summed E-state index contributed by atoms with van der Waals surface area (Å²) in [5.74, 6) is -1.40. The van der Waals surface area contributed by atoms with Crippen LogP contribution in [0.15, 0.2) is 29.2 Å². The minimum absolute atomic E-state index is 0.0326. The van der Waals surface area contributed by atoms with Crippen LogP contribution in [0.25, 0.3) is 0 Å². The van der Waals surface area contributed by atoms with Crippen molar-refractivity contribution in [2.45, 2.75) is 32.1 Å². The molecule has 1 atom stereocenters. The van der Waals surface area contributed by atoms with Gasteiger partial charge >= 0.3 is 5.97 Å². The van der Waals surface area contributed by atoms with Crippen molar-refractivity contribution in [3.8, 4) is 0 Å². The number of nitrogens with zero attached hydrogens (tertiary/aromatic N) is 1. The van der Waals surface area contributed by atoms with Gasteiger partial charge in [-0.25, -0.2) is 13.1 Å². The van der Waals surface area contributed by atoms with Crippen molar-refractivity contribution in [3.05, 3.63) is 34.4 Å². The number of hydrogen-bond donors (Lipinski definition) is 2. The zero-order chi connectivity index (χ0) is 17.8. The van der Waals surface area contributed by atoms with Crippen LogP contribution in [0.5, 0.6) is 0 Å². The molecule has 0 fully saturated rings. The molecule has 0 radical (unpaired) electrons. The highest BCUT2D eigenvalue weighted by molar-refractivity contribution is 7.89. The number of nitro groups is 1. The van der Waals surface area contributed by atoms with E-state index in [4.69, 9.17) is 5.11 Å². The van der Waals surface area contributed by atoms with Gasteiger partial charge in [0.25, 0.3) is 5.69 Å². The maximum Gasteiger partial charge on any atom is 0.303 e. The number of non-ortho nitro benzene ring substituents is 1. The number of carboxylic acid groups (broad SMARTS) is 1. The van der Waals surface area contributed by atoms with Gasteiger partial charge in [0.05, 0.1) is 9.82 Å². The summed E-state index contributed by atoms with van der Waals surface area (Å²) in [6, 6.07) is 4.49. The van der Waals surface area contributed by atoms with Crippen molar-refractivity contribution < 1.29 is 23.2 Å². The van der Waals surface area contributed by atoms with E-state index in [1.807, 2.05) is 20.8 Å². The molecule has 0 saturated heterocycles. The lowest BCUT2D eigenvalue weighted by atomic mass is 9.79. The lowest BCUT2D eigenvalue weighted by molar-refractivity contribution is -0.384. The number of benzene rings is 1. The summed E-state index contributed by atoms with van der Waals surface area (Å²) in [4.78, 5) is 20.8. The molecule has 23 heavy (non-hydrogen) atoms. The Morgan fingerprint density at radius 1 is 1.30 bits per heavy atom. The fourth-order valence-corrected chi connectivity index (χ4v) is 3.02. The van der Waals surface area contributed by atoms with Crippen molar-refractivity contribution >= 4 is 21.7 Å². The number of carboxylic acids is 1. The van der Waals surface area contributed by atoms with Gasteiger partial charge < -0.3 is 5.11 Å². The van der Waals surface area contributed by atoms with Crippen LogP contribution < -0.4 is 4.72 Å². The summed E-state index contributed by atoms with van der Waals surface area (Å²) < 4.78 is 26.8. The smallest absolute Gasteiger partial charge is 0.303 e. The molecule has 0 heterocycles. The molecule has 8 nitrogen and oxygen atoms in total. The number of rotatable bonds is 7. The van der Waals surface area contributed by atoms with E-state index in [9.17, 15) is 23.3 Å². The van der Waals surface area contributed by atoms with Crippen LogP contribution in [-0.4, -0.2) is 31.0 Å². The molecular weight excluding hydrogens is 324 g/mol. The second kappa shape index (κ2) is 7.05. The topological polar surface area (TPSA) is 127 Å². The third-order valence-electron chi connectivity index (χ3n) is 3.52. The van der Waals surface area contributed by atoms with Gasteiger partial charge in [0.1, 0.15) is 0 Å². The van der Waals surface area contributed by atoms with Gasteiger partial charge in [-0.2, -0.15) is 0 Å². The molecule has 0 saturated carbocycles. The fourth-order valence-electron chi connectivity index (χ4n) is 1.94. The molecular formula is C14H20N2O6S. The molecule has 0 aliphatic rings. The van der Waals surface area contributed by atoms with E-state index in [2.05, 4.69) is 4.72 Å². The lowest BCUT2D eigenvalue weighted by Crippen LogP contribution is -2.36. The van der Waals surface area contributed by atoms with Gasteiger partial charge in [-0.05, 0) is 23.5 Å². The highest BCUT2D eigenvalue weighted by atomic mass is 32.2. The molecule has 1 aromatic carbocycles. The number of hydrogen-bond acceptors (Lipinski definition) is 5. The van der Waals surface area contributed by atoms with Gasteiger partial charge in [-0.1, -0.05) is 20.8 Å². The van der Waals surface area contributed by atoms with Gasteiger partial charge in [0, 0.05) is 25.1 Å². The van der Waals surface area contributed by atoms with Crippen LogP contribution >= 0.6 is 0 Å². The number of aliphatic carboxylic acids is 1. The van der Waals surface area contributed by atoms with Gasteiger partial charge in [0.15, 0.2) is 0 Å². The largest absolute Gasteiger partial charge is 0.481 e. The van der Waals surface area contributed by atoms with E-state index < -0.39 is 32.2 Å². The normalized spacial score (nSPS) is 13.5. The Labute approximate surface area is 134 Å². The van der Waals surface area contributed by atoms with Crippen LogP contribution in [0, 0.1) is 21.4 Å². The van der Waals surface area contributed by atoms with E-state index in [1.54, 1.807) is 0 Å². The monoisotopic (exact) mass is 344 g/mol. The number of sulfonamides is 1. The van der Waals surface area contributed by atoms with Gasteiger partial charge in [0.2, 0.25) is 10.0 Å². The zero-order valence-corrected chi connectivity index (χ0v) is 14.0. The van der Waals surface area contributed by atoms with E-state index in [-0.39, 0.29) is 23.5 Å². The highest BCUT2D eigenvalue weighted by Gasteiger charge is 2.28. The van der Waals surface area contributed by atoms with Gasteiger partial charge in [-0.15, -0.1) is 0 Å². The molecule has 2 N–H and O–H groups in total. The SMILES string of the molecule is CC(C)(C)C(CNS(=O)(=O)c1ccc([N+](=O)[O-])cc1)CC(=O)O. The quantitative estimate of drug-likeness (QED) is 0.575. The predicted molar refractivity (Wildman–Crippen MR) is 83.5 cm³/mol. The van der Waals surface area contributed by atoms with E-state index in [1.165, 1.54) is 0 Å². The second-order valence-electron chi connectivity index (χ2n) is 6.26. The van der Waals surface area contributed by atoms with E-state index in [0.717, 1.165) is 24.3 Å². The van der Waals surface area contributed by atoms with Crippen LogP contribution in [-0.2, 0) is 14.8 Å². The molecule has 1 aromatic rings. The Morgan fingerprint density at radius 3 is 2.22 bits per heavy atom. The van der Waals surface area contributed by atoms with Crippen molar-refractivity contribution in [3.63, 3.8) is 0 Å². The van der Waals surface area contributed by atoms with Crippen LogP contribution in [0.4, 0.5) is 5.69 Å². The summed E-state index contributed by atoms with van der Waals surface area (Å²) in [5, 5.41) is 19.5. The Kier molecular flexibility index (Phi) is 5.84. The first kappa shape index (κ1) is 19.0. The Hall–Kier alpha value is -2.00. The third kappa shape index (κ3) is 5.61. The molecule has 1 unspecified atom stereocenters. The van der Waals surface area contributed by atoms with Crippen molar-refractivity contribution in [2.75, 3.05) is 6.54 Å². The van der Waals surface area contributed by atoms with Crippen LogP contribution in [0.3, 0.4) is 0 Å². The average molecular weight is 344 g/mol. The van der Waals surface area contributed by atoms with E-state index >= 15 is 0 Å². The Bertz CT molecular complexity index is 676. The number of nitrogens with one attached hydrogen (secondary N) is 1. The average Bonchev–Trinajstić information content (AvgIpc) is 2.42. The van der Waals surface area contributed by atoms with Crippen molar-refractivity contribution in [1.29, 1.82) is 0 Å². The van der Waals surface area contributed by atoms with E-state index in [0.29, 0.717) is 0 Å². The fraction of sp³-hybridized carbons (Fsp3) is 0.500. The summed E-state index contributed by atoms with van der Waals surface area (Å²) in [7, 11) is -3.86. The second-order valence-corrected chi connectivity index (χ2v) is 8.03. The minimum Gasteiger partial charge on any atom is -0.481 e. The molecule has 0 bridgehead atoms. The summed E-state index contributed by atoms with van der Waals surface area (Å²) in [5.41, 5.74) is -0.599. The number of nitro benzene ring substituents is 1. The lowest BCUT2D eigenvalue weighted by Gasteiger charge is -2.29. The third-order valence-corrected chi connectivity index (χ3v) is 4.96. The molecule has 0 spiro atoms. The molecule has 1 rings (SSSR count). The minimum atomic E-state index is -3.86. The first-order chi connectivity index (χ1) is 10.4. The molecule has 9 heteroatoms. The Balaban J connectivity index is 2.88. The maximum absolute atomic E-state index is 12.2. The van der Waals surface area contributed by atoms with Gasteiger partial charge in [-0.3, -0.25) is 14.9 Å². The molecule has 0 amide bonds. The molecule has 0 aromatic heterocycles.